The molecule has 0 saturated heterocycles. The number of halogens is 2. The number of methoxy groups -OCH3 is 2. The smallest absolute Gasteiger partial charge is 0.309 e. The Morgan fingerprint density at radius 2 is 2.00 bits per heavy atom. The Kier molecular flexibility index (Phi) is 5.28. The van der Waals surface area contributed by atoms with E-state index in [-0.39, 0.29) is 12.4 Å². The van der Waals surface area contributed by atoms with Gasteiger partial charge >= 0.3 is 5.97 Å². The van der Waals surface area contributed by atoms with Crippen LogP contribution in [0.25, 0.3) is 0 Å². The Labute approximate surface area is 111 Å². The lowest BCUT2D eigenvalue weighted by Gasteiger charge is -2.10. The van der Waals surface area contributed by atoms with Crippen LogP contribution in [0.1, 0.15) is 11.1 Å². The molecular weight excluding hydrogens is 340 g/mol. The van der Waals surface area contributed by atoms with Gasteiger partial charge in [0.25, 0.3) is 0 Å². The van der Waals surface area contributed by atoms with Gasteiger partial charge in [-0.3, -0.25) is 4.79 Å². The lowest BCUT2D eigenvalue weighted by atomic mass is 10.1. The Bertz CT molecular complexity index is 391. The number of rotatable bonds is 4. The maximum atomic E-state index is 11.2. The van der Waals surface area contributed by atoms with Crippen molar-refractivity contribution in [2.75, 3.05) is 14.2 Å². The summed E-state index contributed by atoms with van der Waals surface area (Å²) in [5.74, 6) is 0.502. The molecule has 16 heavy (non-hydrogen) atoms. The summed E-state index contributed by atoms with van der Waals surface area (Å²) in [6.07, 6.45) is 0.264. The van der Waals surface area contributed by atoms with Crippen LogP contribution in [0.2, 0.25) is 0 Å². The molecule has 0 atom stereocenters. The highest BCUT2D eigenvalue weighted by Gasteiger charge is 2.11. The summed E-state index contributed by atoms with van der Waals surface area (Å²) in [7, 11) is 2.99. The first kappa shape index (κ1) is 13.5. The van der Waals surface area contributed by atoms with Crippen LogP contribution < -0.4 is 4.74 Å². The van der Waals surface area contributed by atoms with Crippen LogP contribution in [0.3, 0.4) is 0 Å². The van der Waals surface area contributed by atoms with Crippen molar-refractivity contribution in [1.29, 1.82) is 0 Å². The van der Waals surface area contributed by atoms with Crippen molar-refractivity contribution in [2.24, 2.45) is 0 Å². The molecular formula is C11H12Br2O3. The summed E-state index contributed by atoms with van der Waals surface area (Å²) in [5, 5.41) is 0.670. The van der Waals surface area contributed by atoms with Gasteiger partial charge in [-0.25, -0.2) is 0 Å². The zero-order chi connectivity index (χ0) is 12.1. The van der Waals surface area contributed by atoms with Crippen molar-refractivity contribution in [2.45, 2.75) is 11.8 Å². The van der Waals surface area contributed by atoms with Crippen molar-refractivity contribution >= 4 is 37.8 Å². The number of hydrogen-bond donors (Lipinski definition) is 0. The molecule has 0 fully saturated rings. The van der Waals surface area contributed by atoms with Gasteiger partial charge in [0.2, 0.25) is 0 Å². The zero-order valence-corrected chi connectivity index (χ0v) is 12.2. The predicted molar refractivity (Wildman–Crippen MR) is 69.0 cm³/mol. The van der Waals surface area contributed by atoms with E-state index in [2.05, 4.69) is 36.6 Å². The van der Waals surface area contributed by atoms with E-state index < -0.39 is 0 Å². The number of carbonyl (C=O) groups is 1. The van der Waals surface area contributed by atoms with Gasteiger partial charge in [-0.1, -0.05) is 15.9 Å². The molecule has 5 heteroatoms. The first-order chi connectivity index (χ1) is 7.62. The van der Waals surface area contributed by atoms with Gasteiger partial charge in [-0.05, 0) is 39.2 Å². The Morgan fingerprint density at radius 3 is 2.50 bits per heavy atom. The first-order valence-corrected chi connectivity index (χ1v) is 6.51. The van der Waals surface area contributed by atoms with Crippen molar-refractivity contribution in [3.63, 3.8) is 0 Å². The molecule has 0 aliphatic rings. The van der Waals surface area contributed by atoms with Gasteiger partial charge < -0.3 is 9.47 Å². The van der Waals surface area contributed by atoms with E-state index in [0.29, 0.717) is 5.33 Å². The second-order valence-electron chi connectivity index (χ2n) is 3.14. The van der Waals surface area contributed by atoms with E-state index in [1.165, 1.54) is 7.11 Å². The van der Waals surface area contributed by atoms with Crippen LogP contribution >= 0.6 is 31.9 Å². The number of hydrogen-bond acceptors (Lipinski definition) is 3. The lowest BCUT2D eigenvalue weighted by Crippen LogP contribution is -2.06. The Balaban J connectivity index is 3.08. The molecule has 0 bridgehead atoms. The third-order valence-corrected chi connectivity index (χ3v) is 3.40. The molecule has 0 N–H and O–H groups in total. The number of esters is 1. The van der Waals surface area contributed by atoms with Crippen molar-refractivity contribution < 1.29 is 14.3 Å². The highest BCUT2D eigenvalue weighted by molar-refractivity contribution is 9.10. The predicted octanol–water partition coefficient (Wildman–Crippen LogP) is 3.07. The minimum absolute atomic E-state index is 0.251. The maximum absolute atomic E-state index is 11.2. The number of ether oxygens (including phenoxy) is 2. The van der Waals surface area contributed by atoms with Gasteiger partial charge in [-0.15, -0.1) is 0 Å². The van der Waals surface area contributed by atoms with E-state index in [1.807, 2.05) is 12.1 Å². The zero-order valence-electron chi connectivity index (χ0n) is 9.05. The summed E-state index contributed by atoms with van der Waals surface area (Å²) in [4.78, 5) is 11.2. The molecule has 1 aromatic carbocycles. The molecule has 0 unspecified atom stereocenters. The minimum atomic E-state index is -0.251. The monoisotopic (exact) mass is 350 g/mol. The van der Waals surface area contributed by atoms with Gasteiger partial charge in [0, 0.05) is 5.33 Å². The van der Waals surface area contributed by atoms with Crippen LogP contribution in [0.5, 0.6) is 5.75 Å². The quantitative estimate of drug-likeness (QED) is 0.617. The summed E-state index contributed by atoms with van der Waals surface area (Å²) in [5.41, 5.74) is 1.95. The van der Waals surface area contributed by atoms with Gasteiger partial charge in [-0.2, -0.15) is 0 Å². The number of carbonyl (C=O) groups excluding carboxylic acids is 1. The molecule has 0 radical (unpaired) electrons. The van der Waals surface area contributed by atoms with E-state index in [0.717, 1.165) is 21.3 Å². The average molecular weight is 352 g/mol. The summed E-state index contributed by atoms with van der Waals surface area (Å²) >= 11 is 6.78. The molecule has 1 aromatic rings. The van der Waals surface area contributed by atoms with Gasteiger partial charge in [0.1, 0.15) is 5.75 Å². The first-order valence-electron chi connectivity index (χ1n) is 4.60. The molecule has 0 aromatic heterocycles. The van der Waals surface area contributed by atoms with Crippen LogP contribution in [0.15, 0.2) is 16.6 Å². The highest BCUT2D eigenvalue weighted by Crippen LogP contribution is 2.30. The number of benzene rings is 1. The molecule has 0 amide bonds. The SMILES string of the molecule is COC(=O)Cc1cc(Br)c(OC)cc1CBr. The number of alkyl halides is 1. The molecule has 0 spiro atoms. The molecule has 88 valence electrons. The van der Waals surface area contributed by atoms with Gasteiger partial charge in [0.05, 0.1) is 25.1 Å². The van der Waals surface area contributed by atoms with E-state index in [1.54, 1.807) is 7.11 Å². The minimum Gasteiger partial charge on any atom is -0.496 e. The van der Waals surface area contributed by atoms with Crippen LogP contribution in [-0.2, 0) is 21.3 Å². The summed E-state index contributed by atoms with van der Waals surface area (Å²) in [6.45, 7) is 0. The van der Waals surface area contributed by atoms with Crippen LogP contribution in [-0.4, -0.2) is 20.2 Å². The highest BCUT2D eigenvalue weighted by atomic mass is 79.9. The molecule has 3 nitrogen and oxygen atoms in total. The molecule has 0 aliphatic carbocycles. The fourth-order valence-corrected chi connectivity index (χ4v) is 2.38. The van der Waals surface area contributed by atoms with Crippen molar-refractivity contribution in [3.8, 4) is 5.75 Å². The third kappa shape index (κ3) is 3.22. The van der Waals surface area contributed by atoms with E-state index >= 15 is 0 Å². The largest absolute Gasteiger partial charge is 0.496 e. The lowest BCUT2D eigenvalue weighted by molar-refractivity contribution is -0.139. The third-order valence-electron chi connectivity index (χ3n) is 2.18. The second kappa shape index (κ2) is 6.25. The van der Waals surface area contributed by atoms with E-state index in [9.17, 15) is 4.79 Å². The fourth-order valence-electron chi connectivity index (χ4n) is 1.31. The summed E-state index contributed by atoms with van der Waals surface area (Å²) in [6, 6.07) is 3.78. The average Bonchev–Trinajstić information content (AvgIpc) is 2.29. The second-order valence-corrected chi connectivity index (χ2v) is 4.56. The van der Waals surface area contributed by atoms with E-state index in [4.69, 9.17) is 4.74 Å². The van der Waals surface area contributed by atoms with Crippen molar-refractivity contribution in [3.05, 3.63) is 27.7 Å². The summed E-state index contributed by atoms with van der Waals surface area (Å²) < 4.78 is 10.7. The molecule has 0 saturated carbocycles. The standard InChI is InChI=1S/C11H12Br2O3/c1-15-10-4-8(6-12)7(3-9(10)13)5-11(14)16-2/h3-4H,5-6H2,1-2H3. The van der Waals surface area contributed by atoms with Crippen molar-refractivity contribution in [1.82, 2.24) is 0 Å². The van der Waals surface area contributed by atoms with Gasteiger partial charge in [0.15, 0.2) is 0 Å². The van der Waals surface area contributed by atoms with Crippen LogP contribution in [0.4, 0.5) is 0 Å². The molecule has 0 heterocycles. The normalized spacial score (nSPS) is 10.0. The maximum Gasteiger partial charge on any atom is 0.309 e. The topological polar surface area (TPSA) is 35.5 Å². The fraction of sp³-hybridized carbons (Fsp3) is 0.364. The molecule has 0 aliphatic heterocycles. The molecule has 1 rings (SSSR count). The Hall–Kier alpha value is -0.550. The van der Waals surface area contributed by atoms with Crippen LogP contribution in [0, 0.1) is 0 Å². The Morgan fingerprint density at radius 1 is 1.31 bits per heavy atom.